The van der Waals surface area contributed by atoms with Gasteiger partial charge in [-0.2, -0.15) is 13.8 Å². The van der Waals surface area contributed by atoms with Crippen LogP contribution >= 0.6 is 0 Å². The van der Waals surface area contributed by atoms with Crippen molar-refractivity contribution < 1.29 is 18.7 Å². The third kappa shape index (κ3) is 2.79. The Bertz CT molecular complexity index is 739. The first kappa shape index (κ1) is 17.4. The second-order valence-corrected chi connectivity index (χ2v) is 8.03. The average molecular weight is 366 g/mol. The van der Waals surface area contributed by atoms with Crippen LogP contribution in [0.25, 0.3) is 0 Å². The summed E-state index contributed by atoms with van der Waals surface area (Å²) in [6.45, 7) is 6.72. The molecule has 1 saturated carbocycles. The fraction of sp³-hybridized carbons (Fsp3) is 0.722. The quantitative estimate of drug-likeness (QED) is 0.864. The zero-order chi connectivity index (χ0) is 18.8. The second-order valence-electron chi connectivity index (χ2n) is 8.03. The van der Waals surface area contributed by atoms with Crippen molar-refractivity contribution in [3.63, 3.8) is 0 Å². The molecule has 4 rings (SSSR count). The number of piperidine rings is 1. The number of halogens is 2. The van der Waals surface area contributed by atoms with Gasteiger partial charge < -0.3 is 14.9 Å². The second kappa shape index (κ2) is 5.76. The van der Waals surface area contributed by atoms with Crippen LogP contribution < -0.4 is 9.80 Å². The summed E-state index contributed by atoms with van der Waals surface area (Å²) in [7, 11) is 0. The minimum Gasteiger partial charge on any atom is -0.481 e. The van der Waals surface area contributed by atoms with Gasteiger partial charge in [-0.1, -0.05) is 0 Å². The molecule has 3 fully saturated rings. The molecule has 6 nitrogen and oxygen atoms in total. The smallest absolute Gasteiger partial charge is 0.303 e. The molecule has 3 aliphatic rings. The Hall–Kier alpha value is -1.99. The highest BCUT2D eigenvalue weighted by Crippen LogP contribution is 2.54. The van der Waals surface area contributed by atoms with Crippen LogP contribution in [0.4, 0.5) is 20.5 Å². The number of carboxylic acid groups (broad SMARTS) is 1. The number of hydrogen-bond donors (Lipinski definition) is 1. The van der Waals surface area contributed by atoms with Crippen LogP contribution in [0, 0.1) is 24.7 Å². The van der Waals surface area contributed by atoms with Crippen LogP contribution in [-0.4, -0.2) is 46.7 Å². The molecule has 8 heteroatoms. The number of hydrogen-bond acceptors (Lipinski definition) is 5. The number of carbonyl (C=O) groups is 1. The SMILES string of the molecule is Cc1c(N2C[C@@H]3C(CC(=O)O)[C@@H]3C2)nc(N2CC[C@@H]2C)nc1C(C)(F)F. The van der Waals surface area contributed by atoms with Crippen LogP contribution in [0.5, 0.6) is 0 Å². The first-order valence-corrected chi connectivity index (χ1v) is 9.17. The van der Waals surface area contributed by atoms with Gasteiger partial charge >= 0.3 is 5.97 Å². The minimum absolute atomic E-state index is 0.195. The lowest BCUT2D eigenvalue weighted by Gasteiger charge is -2.39. The fourth-order valence-electron chi connectivity index (χ4n) is 4.50. The number of aliphatic carboxylic acids is 1. The van der Waals surface area contributed by atoms with E-state index < -0.39 is 11.9 Å². The van der Waals surface area contributed by atoms with Gasteiger partial charge in [0.25, 0.3) is 5.92 Å². The molecule has 1 unspecified atom stereocenters. The maximum atomic E-state index is 14.1. The van der Waals surface area contributed by atoms with E-state index >= 15 is 0 Å². The molecule has 3 heterocycles. The molecule has 4 atom stereocenters. The van der Waals surface area contributed by atoms with Gasteiger partial charge in [0.1, 0.15) is 11.5 Å². The molecular formula is C18H24F2N4O2. The number of rotatable bonds is 5. The lowest BCUT2D eigenvalue weighted by molar-refractivity contribution is -0.137. The predicted molar refractivity (Wildman–Crippen MR) is 92.7 cm³/mol. The normalized spacial score (nSPS) is 30.2. The molecule has 142 valence electrons. The Morgan fingerprint density at radius 1 is 1.31 bits per heavy atom. The summed E-state index contributed by atoms with van der Waals surface area (Å²) in [6.07, 6.45) is 1.20. The molecule has 1 N–H and O–H groups in total. The van der Waals surface area contributed by atoms with Gasteiger partial charge in [-0.05, 0) is 38.0 Å². The summed E-state index contributed by atoms with van der Waals surface area (Å²) in [5, 5.41) is 8.96. The van der Waals surface area contributed by atoms with Crippen molar-refractivity contribution in [2.24, 2.45) is 17.8 Å². The molecule has 0 spiro atoms. The number of anilines is 2. The maximum absolute atomic E-state index is 14.1. The largest absolute Gasteiger partial charge is 0.481 e. The molecule has 26 heavy (non-hydrogen) atoms. The number of aromatic nitrogens is 2. The highest BCUT2D eigenvalue weighted by atomic mass is 19.3. The molecule has 2 saturated heterocycles. The van der Waals surface area contributed by atoms with Crippen LogP contribution in [0.1, 0.15) is 37.9 Å². The maximum Gasteiger partial charge on any atom is 0.303 e. The zero-order valence-electron chi connectivity index (χ0n) is 15.2. The van der Waals surface area contributed by atoms with E-state index in [1.807, 2.05) is 16.7 Å². The van der Waals surface area contributed by atoms with Gasteiger partial charge in [0.05, 0.1) is 0 Å². The summed E-state index contributed by atoms with van der Waals surface area (Å²) in [4.78, 5) is 23.7. The van der Waals surface area contributed by atoms with Crippen molar-refractivity contribution in [1.29, 1.82) is 0 Å². The Balaban J connectivity index is 1.62. The van der Waals surface area contributed by atoms with Crippen LogP contribution in [0.3, 0.4) is 0 Å². The lowest BCUT2D eigenvalue weighted by atomic mass is 10.1. The molecular weight excluding hydrogens is 342 g/mol. The van der Waals surface area contributed by atoms with Crippen LogP contribution in [-0.2, 0) is 10.7 Å². The Morgan fingerprint density at radius 2 is 1.96 bits per heavy atom. The predicted octanol–water partition coefficient (Wildman–Crippen LogP) is 2.65. The van der Waals surface area contributed by atoms with Gasteiger partial charge in [0.2, 0.25) is 5.95 Å². The summed E-state index contributed by atoms with van der Waals surface area (Å²) in [5.41, 5.74) is 0.213. The summed E-state index contributed by atoms with van der Waals surface area (Å²) < 4.78 is 28.3. The van der Waals surface area contributed by atoms with Gasteiger partial charge in [-0.25, -0.2) is 4.98 Å². The summed E-state index contributed by atoms with van der Waals surface area (Å²) >= 11 is 0. The first-order chi connectivity index (χ1) is 12.2. The summed E-state index contributed by atoms with van der Waals surface area (Å²) in [6, 6.07) is 0.260. The van der Waals surface area contributed by atoms with Crippen molar-refractivity contribution >= 4 is 17.7 Å². The molecule has 0 aromatic carbocycles. The van der Waals surface area contributed by atoms with Crippen LogP contribution in [0.15, 0.2) is 0 Å². The van der Waals surface area contributed by atoms with E-state index in [1.54, 1.807) is 6.92 Å². The van der Waals surface area contributed by atoms with E-state index in [-0.39, 0.29) is 24.1 Å². The molecule has 2 aliphatic heterocycles. The van der Waals surface area contributed by atoms with Crippen molar-refractivity contribution in [3.8, 4) is 0 Å². The summed E-state index contributed by atoms with van der Waals surface area (Å²) in [5.74, 6) is -1.96. The van der Waals surface area contributed by atoms with Crippen molar-refractivity contribution in [2.45, 2.75) is 45.6 Å². The first-order valence-electron chi connectivity index (χ1n) is 9.17. The Labute approximate surface area is 151 Å². The molecule has 0 amide bonds. The molecule has 1 aliphatic carbocycles. The van der Waals surface area contributed by atoms with E-state index in [0.717, 1.165) is 19.9 Å². The van der Waals surface area contributed by atoms with Gasteiger partial charge in [0, 0.05) is 44.6 Å². The third-order valence-electron chi connectivity index (χ3n) is 6.18. The highest BCUT2D eigenvalue weighted by molar-refractivity contribution is 5.68. The van der Waals surface area contributed by atoms with E-state index in [2.05, 4.69) is 9.97 Å². The molecule has 0 radical (unpaired) electrons. The van der Waals surface area contributed by atoms with Crippen molar-refractivity contribution in [3.05, 3.63) is 11.3 Å². The van der Waals surface area contributed by atoms with E-state index in [9.17, 15) is 13.6 Å². The van der Waals surface area contributed by atoms with E-state index in [1.165, 1.54) is 0 Å². The number of fused-ring (bicyclic) bond motifs is 1. The molecule has 1 aromatic rings. The minimum atomic E-state index is -3.03. The lowest BCUT2D eigenvalue weighted by Crippen LogP contribution is -2.47. The van der Waals surface area contributed by atoms with Crippen molar-refractivity contribution in [2.75, 3.05) is 29.4 Å². The monoisotopic (exact) mass is 366 g/mol. The van der Waals surface area contributed by atoms with E-state index in [0.29, 0.717) is 42.3 Å². The number of alkyl halides is 2. The molecule has 1 aromatic heterocycles. The zero-order valence-corrected chi connectivity index (χ0v) is 15.2. The van der Waals surface area contributed by atoms with Gasteiger partial charge in [0.15, 0.2) is 0 Å². The van der Waals surface area contributed by atoms with Crippen molar-refractivity contribution in [1.82, 2.24) is 9.97 Å². The van der Waals surface area contributed by atoms with Crippen LogP contribution in [0.2, 0.25) is 0 Å². The van der Waals surface area contributed by atoms with Gasteiger partial charge in [-0.15, -0.1) is 0 Å². The highest BCUT2D eigenvalue weighted by Gasteiger charge is 2.56. The number of carboxylic acids is 1. The Morgan fingerprint density at radius 3 is 2.42 bits per heavy atom. The fourth-order valence-corrected chi connectivity index (χ4v) is 4.50. The van der Waals surface area contributed by atoms with E-state index in [4.69, 9.17) is 5.11 Å². The Kier molecular flexibility index (Phi) is 3.86. The molecule has 0 bridgehead atoms. The topological polar surface area (TPSA) is 69.6 Å². The number of nitrogens with zero attached hydrogens (tertiary/aromatic N) is 4. The average Bonchev–Trinajstić information content (AvgIpc) is 2.96. The van der Waals surface area contributed by atoms with Gasteiger partial charge in [-0.3, -0.25) is 4.79 Å². The third-order valence-corrected chi connectivity index (χ3v) is 6.18. The standard InChI is InChI=1S/C18H24F2N4O2/c1-9-4-5-24(9)17-21-15(18(3,19)20)10(2)16(22-17)23-7-12-11(6-14(25)26)13(12)8-23/h9,11-13H,4-8H2,1-3H3,(H,25,26)/t9-,11?,12-,13+/m0/s1.